The number of nitrogens with one attached hydrogen (secondary N) is 2. The van der Waals surface area contributed by atoms with Gasteiger partial charge in [0.05, 0.1) is 6.42 Å². The largest absolute Gasteiger partial charge is 0.508 e. The molecule has 0 aliphatic carbocycles. The minimum atomic E-state index is -0.293. The number of aromatic hydroxyl groups is 1. The van der Waals surface area contributed by atoms with Gasteiger partial charge in [-0.15, -0.1) is 5.10 Å². The highest BCUT2D eigenvalue weighted by Crippen LogP contribution is 2.11. The number of H-pyrrole nitrogens is 1. The van der Waals surface area contributed by atoms with Crippen LogP contribution in [-0.2, 0) is 17.6 Å². The Morgan fingerprint density at radius 3 is 2.46 bits per heavy atom. The molecular formula is C17H15FN4O2. The molecule has 7 heteroatoms. The average Bonchev–Trinajstić information content (AvgIpc) is 2.99. The van der Waals surface area contributed by atoms with E-state index in [9.17, 15) is 14.3 Å². The molecular weight excluding hydrogens is 311 g/mol. The van der Waals surface area contributed by atoms with E-state index >= 15 is 0 Å². The van der Waals surface area contributed by atoms with Gasteiger partial charge in [0.1, 0.15) is 17.4 Å². The van der Waals surface area contributed by atoms with Gasteiger partial charge in [-0.2, -0.15) is 4.98 Å². The van der Waals surface area contributed by atoms with Crippen molar-refractivity contribution in [2.24, 2.45) is 0 Å². The molecule has 122 valence electrons. The molecule has 2 aromatic carbocycles. The van der Waals surface area contributed by atoms with Crippen LogP contribution in [0, 0.1) is 5.82 Å². The molecule has 24 heavy (non-hydrogen) atoms. The second kappa shape index (κ2) is 6.91. The van der Waals surface area contributed by atoms with E-state index < -0.39 is 0 Å². The molecule has 0 saturated heterocycles. The lowest BCUT2D eigenvalue weighted by atomic mass is 10.1. The van der Waals surface area contributed by atoms with Crippen LogP contribution < -0.4 is 5.32 Å². The number of hydrogen-bond acceptors (Lipinski definition) is 4. The van der Waals surface area contributed by atoms with E-state index in [0.29, 0.717) is 12.2 Å². The van der Waals surface area contributed by atoms with Gasteiger partial charge in [0.25, 0.3) is 0 Å². The Morgan fingerprint density at radius 1 is 1.08 bits per heavy atom. The second-order valence-electron chi connectivity index (χ2n) is 5.30. The lowest BCUT2D eigenvalue weighted by Gasteiger charge is -2.01. The van der Waals surface area contributed by atoms with Gasteiger partial charge >= 0.3 is 0 Å². The highest BCUT2D eigenvalue weighted by atomic mass is 19.1. The zero-order valence-electron chi connectivity index (χ0n) is 12.7. The summed E-state index contributed by atoms with van der Waals surface area (Å²) < 4.78 is 12.9. The van der Waals surface area contributed by atoms with Crippen molar-refractivity contribution < 1.29 is 14.3 Å². The Kier molecular flexibility index (Phi) is 4.51. The van der Waals surface area contributed by atoms with E-state index in [-0.39, 0.29) is 29.8 Å². The molecule has 1 amide bonds. The van der Waals surface area contributed by atoms with Crippen LogP contribution in [0.4, 0.5) is 10.3 Å². The number of aromatic amines is 1. The molecule has 0 spiro atoms. The van der Waals surface area contributed by atoms with Gasteiger partial charge in [0.15, 0.2) is 0 Å². The zero-order chi connectivity index (χ0) is 16.9. The van der Waals surface area contributed by atoms with Crippen LogP contribution in [-0.4, -0.2) is 26.2 Å². The lowest BCUT2D eigenvalue weighted by Crippen LogP contribution is -2.15. The summed E-state index contributed by atoms with van der Waals surface area (Å²) in [5, 5.41) is 18.5. The normalized spacial score (nSPS) is 10.5. The summed E-state index contributed by atoms with van der Waals surface area (Å²) in [6.07, 6.45) is 0.614. The van der Waals surface area contributed by atoms with Crippen LogP contribution in [0.1, 0.15) is 17.0 Å². The Labute approximate surface area is 137 Å². The molecule has 0 fully saturated rings. The Balaban J connectivity index is 1.58. The molecule has 3 rings (SSSR count). The number of phenolic OH excluding ortho intramolecular Hbond substituents is 1. The van der Waals surface area contributed by atoms with Gasteiger partial charge in [-0.3, -0.25) is 15.2 Å². The standard InChI is InChI=1S/C17H15FN4O2/c18-13-5-1-11(2-6-13)9-15-19-17(22-21-15)20-16(24)10-12-3-7-14(23)8-4-12/h1-8,23H,9-10H2,(H2,19,20,21,22,24). The fraction of sp³-hybridized carbons (Fsp3) is 0.118. The van der Waals surface area contributed by atoms with Gasteiger partial charge in [-0.05, 0) is 35.4 Å². The quantitative estimate of drug-likeness (QED) is 0.671. The van der Waals surface area contributed by atoms with Crippen molar-refractivity contribution in [3.05, 3.63) is 71.3 Å². The highest BCUT2D eigenvalue weighted by Gasteiger charge is 2.09. The number of anilines is 1. The molecule has 0 aliphatic heterocycles. The van der Waals surface area contributed by atoms with E-state index in [0.717, 1.165) is 11.1 Å². The molecule has 0 radical (unpaired) electrons. The predicted molar refractivity (Wildman–Crippen MR) is 86.0 cm³/mol. The minimum absolute atomic E-state index is 0.151. The third-order valence-electron chi connectivity index (χ3n) is 3.37. The molecule has 3 N–H and O–H groups in total. The third-order valence-corrected chi connectivity index (χ3v) is 3.37. The SMILES string of the molecule is O=C(Cc1ccc(O)cc1)Nc1n[nH]c(Cc2ccc(F)cc2)n1. The fourth-order valence-electron chi connectivity index (χ4n) is 2.19. The third kappa shape index (κ3) is 4.16. The van der Waals surface area contributed by atoms with Crippen molar-refractivity contribution in [1.29, 1.82) is 0 Å². The first-order chi connectivity index (χ1) is 11.6. The Hall–Kier alpha value is -3.22. The number of halogens is 1. The summed E-state index contributed by atoms with van der Waals surface area (Å²) in [6.45, 7) is 0. The van der Waals surface area contributed by atoms with E-state index in [1.165, 1.54) is 24.3 Å². The van der Waals surface area contributed by atoms with Crippen LogP contribution in [0.5, 0.6) is 5.75 Å². The first-order valence-electron chi connectivity index (χ1n) is 7.32. The monoisotopic (exact) mass is 326 g/mol. The van der Waals surface area contributed by atoms with E-state index in [1.54, 1.807) is 24.3 Å². The summed E-state index contributed by atoms with van der Waals surface area (Å²) in [4.78, 5) is 16.2. The van der Waals surface area contributed by atoms with Gasteiger partial charge < -0.3 is 5.11 Å². The number of hydrogen-bond donors (Lipinski definition) is 3. The molecule has 1 aromatic heterocycles. The summed E-state index contributed by atoms with van der Waals surface area (Å²) in [5.74, 6) is 0.363. The van der Waals surface area contributed by atoms with Crippen LogP contribution in [0.15, 0.2) is 48.5 Å². The van der Waals surface area contributed by atoms with Crippen LogP contribution >= 0.6 is 0 Å². The number of nitrogens with zero attached hydrogens (tertiary/aromatic N) is 2. The number of amides is 1. The molecule has 1 heterocycles. The summed E-state index contributed by atoms with van der Waals surface area (Å²) in [7, 11) is 0. The molecule has 0 aliphatic rings. The van der Waals surface area contributed by atoms with Gasteiger partial charge in [-0.1, -0.05) is 24.3 Å². The summed E-state index contributed by atoms with van der Waals surface area (Å²) >= 11 is 0. The van der Waals surface area contributed by atoms with Gasteiger partial charge in [0, 0.05) is 6.42 Å². The predicted octanol–water partition coefficient (Wildman–Crippen LogP) is 2.42. The number of benzene rings is 2. The number of phenols is 1. The number of carbonyl (C=O) groups is 1. The zero-order valence-corrected chi connectivity index (χ0v) is 12.7. The van der Waals surface area contributed by atoms with E-state index in [4.69, 9.17) is 0 Å². The van der Waals surface area contributed by atoms with Gasteiger partial charge in [-0.25, -0.2) is 4.39 Å². The smallest absolute Gasteiger partial charge is 0.248 e. The molecule has 0 saturated carbocycles. The Morgan fingerprint density at radius 2 is 1.75 bits per heavy atom. The molecule has 3 aromatic rings. The Bertz CT molecular complexity index is 829. The van der Waals surface area contributed by atoms with Crippen LogP contribution in [0.2, 0.25) is 0 Å². The van der Waals surface area contributed by atoms with Crippen molar-refractivity contribution in [3.63, 3.8) is 0 Å². The average molecular weight is 326 g/mol. The maximum absolute atomic E-state index is 12.9. The topological polar surface area (TPSA) is 90.9 Å². The number of carbonyl (C=O) groups excluding carboxylic acids is 1. The van der Waals surface area contributed by atoms with Crippen molar-refractivity contribution in [2.45, 2.75) is 12.8 Å². The van der Waals surface area contributed by atoms with Crippen molar-refractivity contribution in [2.75, 3.05) is 5.32 Å². The fourth-order valence-corrected chi connectivity index (χ4v) is 2.19. The molecule has 0 bridgehead atoms. The van der Waals surface area contributed by atoms with E-state index in [2.05, 4.69) is 20.5 Å². The van der Waals surface area contributed by atoms with Crippen molar-refractivity contribution >= 4 is 11.9 Å². The van der Waals surface area contributed by atoms with Crippen molar-refractivity contribution in [3.8, 4) is 5.75 Å². The molecule has 0 atom stereocenters. The molecule has 0 unspecified atom stereocenters. The number of rotatable bonds is 5. The summed E-state index contributed by atoms with van der Waals surface area (Å²) in [6, 6.07) is 12.5. The van der Waals surface area contributed by atoms with Gasteiger partial charge in [0.2, 0.25) is 11.9 Å². The van der Waals surface area contributed by atoms with Crippen molar-refractivity contribution in [1.82, 2.24) is 15.2 Å². The second-order valence-corrected chi connectivity index (χ2v) is 5.30. The highest BCUT2D eigenvalue weighted by molar-refractivity contribution is 5.90. The lowest BCUT2D eigenvalue weighted by molar-refractivity contribution is -0.115. The summed E-state index contributed by atoms with van der Waals surface area (Å²) in [5.41, 5.74) is 1.65. The van der Waals surface area contributed by atoms with Crippen LogP contribution in [0.25, 0.3) is 0 Å². The maximum atomic E-state index is 12.9. The maximum Gasteiger partial charge on any atom is 0.248 e. The minimum Gasteiger partial charge on any atom is -0.508 e. The molecule has 6 nitrogen and oxygen atoms in total. The number of aromatic nitrogens is 3. The first-order valence-corrected chi connectivity index (χ1v) is 7.32. The first kappa shape index (κ1) is 15.7. The van der Waals surface area contributed by atoms with Crippen LogP contribution in [0.3, 0.4) is 0 Å². The van der Waals surface area contributed by atoms with E-state index in [1.807, 2.05) is 0 Å².